The average Bonchev–Trinajstić information content (AvgIpc) is 3.06. The summed E-state index contributed by atoms with van der Waals surface area (Å²) in [6.07, 6.45) is -2.79. The van der Waals surface area contributed by atoms with Crippen molar-refractivity contribution >= 4 is 41.6 Å². The van der Waals surface area contributed by atoms with Gasteiger partial charge in [0.05, 0.1) is 32.3 Å². The second-order valence-corrected chi connectivity index (χ2v) is 14.5. The molecule has 0 saturated carbocycles. The molecule has 0 aliphatic rings. The summed E-state index contributed by atoms with van der Waals surface area (Å²) in [6, 6.07) is 2.05. The van der Waals surface area contributed by atoms with E-state index < -0.39 is 109 Å². The van der Waals surface area contributed by atoms with E-state index in [1.807, 2.05) is 0 Å². The van der Waals surface area contributed by atoms with E-state index in [1.54, 1.807) is 78.8 Å². The molecule has 0 radical (unpaired) electrons. The molecule has 6 amide bonds. The highest BCUT2D eigenvalue weighted by Gasteiger charge is 2.33. The van der Waals surface area contributed by atoms with Crippen molar-refractivity contribution in [2.75, 3.05) is 13.7 Å². The number of amides is 6. The van der Waals surface area contributed by atoms with Gasteiger partial charge >= 0.3 is 12.1 Å². The number of benzene rings is 1. The number of ether oxygens (including phenoxy) is 2. The summed E-state index contributed by atoms with van der Waals surface area (Å²) in [5, 5.41) is 35.8. The Hall–Kier alpha value is -4.77. The third-order valence-electron chi connectivity index (χ3n) is 7.86. The van der Waals surface area contributed by atoms with Crippen molar-refractivity contribution in [1.29, 1.82) is 0 Å². The Morgan fingerprint density at radius 2 is 1.23 bits per heavy atom. The van der Waals surface area contributed by atoms with E-state index in [2.05, 4.69) is 31.9 Å². The van der Waals surface area contributed by atoms with Gasteiger partial charge in [-0.1, -0.05) is 58.0 Å². The molecule has 0 unspecified atom stereocenters. The zero-order valence-electron chi connectivity index (χ0n) is 32.3. The summed E-state index contributed by atoms with van der Waals surface area (Å²) in [5.74, 6) is -4.96. The number of carbonyl (C=O) groups is 7. The Morgan fingerprint density at radius 3 is 1.72 bits per heavy atom. The molecule has 0 spiro atoms. The highest BCUT2D eigenvalue weighted by molar-refractivity contribution is 5.94. The predicted molar refractivity (Wildman–Crippen MR) is 194 cm³/mol. The van der Waals surface area contributed by atoms with Crippen LogP contribution >= 0.6 is 0 Å². The van der Waals surface area contributed by atoms with Crippen LogP contribution < -0.4 is 31.9 Å². The van der Waals surface area contributed by atoms with Crippen LogP contribution in [0.2, 0.25) is 0 Å². The van der Waals surface area contributed by atoms with Crippen molar-refractivity contribution in [2.24, 2.45) is 11.8 Å². The largest absolute Gasteiger partial charge is 0.467 e. The number of hydrogen-bond donors (Lipinski definition) is 8. The summed E-state index contributed by atoms with van der Waals surface area (Å²) < 4.78 is 9.87. The molecule has 1 aromatic rings. The standard InChI is InChI=1S/C36H58N6O11/c1-19(2)28(33(49)42-29(20(3)4)34(50)52-10)41-27(45)17-26(44)24(16-23-14-12-11-13-15-23)39-31(47)22(6)37-30(46)21(5)38-32(48)25(18-43)40-35(51)53-36(7,8)9/h11-15,19-22,24-26,28-29,43-44H,16-18H2,1-10H3,(H,37,46)(H,38,48)(H,39,47)(H,40,51)(H,41,45)(H,42,49)/t21-,22-,24-,25-,26-,28-,29-/m0/s1. The normalized spacial score (nSPS) is 15.4. The van der Waals surface area contributed by atoms with Crippen molar-refractivity contribution in [1.82, 2.24) is 31.9 Å². The highest BCUT2D eigenvalue weighted by Crippen LogP contribution is 2.12. The molecule has 0 saturated heterocycles. The average molecular weight is 751 g/mol. The number of carbonyl (C=O) groups excluding carboxylic acids is 7. The SMILES string of the molecule is COC(=O)[C@@H](NC(=O)[C@@H](NC(=O)C[C@H](O)[C@H](Cc1ccccc1)NC(=O)[C@H](C)NC(=O)[C@H](C)NC(=O)[C@H](CO)NC(=O)OC(C)(C)C)C(C)C)C(C)C. The molecule has 17 heteroatoms. The smallest absolute Gasteiger partial charge is 0.408 e. The van der Waals surface area contributed by atoms with Crippen molar-refractivity contribution in [3.63, 3.8) is 0 Å². The van der Waals surface area contributed by atoms with Gasteiger partial charge in [-0.15, -0.1) is 0 Å². The lowest BCUT2D eigenvalue weighted by molar-refractivity contribution is -0.147. The molecular weight excluding hydrogens is 692 g/mol. The molecule has 298 valence electrons. The zero-order valence-corrected chi connectivity index (χ0v) is 32.3. The third kappa shape index (κ3) is 16.6. The molecule has 0 fully saturated rings. The van der Waals surface area contributed by atoms with Crippen LogP contribution in [0.25, 0.3) is 0 Å². The maximum absolute atomic E-state index is 13.3. The Kier molecular flexibility index (Phi) is 18.9. The van der Waals surface area contributed by atoms with Crippen LogP contribution in [0.5, 0.6) is 0 Å². The molecule has 0 aliphatic heterocycles. The predicted octanol–water partition coefficient (Wildman–Crippen LogP) is -0.185. The number of aliphatic hydroxyl groups excluding tert-OH is 2. The van der Waals surface area contributed by atoms with Crippen LogP contribution in [-0.4, -0.2) is 113 Å². The molecule has 0 aliphatic carbocycles. The third-order valence-corrected chi connectivity index (χ3v) is 7.86. The highest BCUT2D eigenvalue weighted by atomic mass is 16.6. The maximum Gasteiger partial charge on any atom is 0.408 e. The minimum Gasteiger partial charge on any atom is -0.467 e. The summed E-state index contributed by atoms with van der Waals surface area (Å²) in [5.41, 5.74) is -0.126. The van der Waals surface area contributed by atoms with E-state index in [9.17, 15) is 43.8 Å². The van der Waals surface area contributed by atoms with Crippen molar-refractivity contribution in [2.45, 2.75) is 123 Å². The number of rotatable bonds is 19. The van der Waals surface area contributed by atoms with Gasteiger partial charge in [0.15, 0.2) is 0 Å². The number of aliphatic hydroxyl groups is 2. The molecule has 0 aromatic heterocycles. The molecule has 1 rings (SSSR count). The van der Waals surface area contributed by atoms with Crippen LogP contribution in [-0.2, 0) is 44.7 Å². The van der Waals surface area contributed by atoms with Gasteiger partial charge in [-0.3, -0.25) is 24.0 Å². The van der Waals surface area contributed by atoms with Gasteiger partial charge in [0, 0.05) is 0 Å². The van der Waals surface area contributed by atoms with E-state index in [-0.39, 0.29) is 12.3 Å². The minimum atomic E-state index is -1.44. The first-order chi connectivity index (χ1) is 24.6. The van der Waals surface area contributed by atoms with Gasteiger partial charge < -0.3 is 51.6 Å². The van der Waals surface area contributed by atoms with E-state index in [1.165, 1.54) is 21.0 Å². The maximum atomic E-state index is 13.3. The first-order valence-electron chi connectivity index (χ1n) is 17.5. The first kappa shape index (κ1) is 46.3. The lowest BCUT2D eigenvalue weighted by Gasteiger charge is -2.28. The van der Waals surface area contributed by atoms with Crippen molar-refractivity contribution in [3.8, 4) is 0 Å². The summed E-state index contributed by atoms with van der Waals surface area (Å²) in [6.45, 7) is 13.7. The minimum absolute atomic E-state index is 0.102. The van der Waals surface area contributed by atoms with E-state index in [0.717, 1.165) is 5.56 Å². The number of methoxy groups -OCH3 is 1. The van der Waals surface area contributed by atoms with E-state index in [0.29, 0.717) is 0 Å². The lowest BCUT2D eigenvalue weighted by Crippen LogP contribution is -2.58. The number of hydrogen-bond acceptors (Lipinski definition) is 11. The number of esters is 1. The second kappa shape index (κ2) is 21.7. The lowest BCUT2D eigenvalue weighted by atomic mass is 9.97. The van der Waals surface area contributed by atoms with Crippen molar-refractivity contribution in [3.05, 3.63) is 35.9 Å². The monoisotopic (exact) mass is 750 g/mol. The molecule has 17 nitrogen and oxygen atoms in total. The Balaban J connectivity index is 2.99. The number of nitrogens with one attached hydrogen (secondary N) is 6. The van der Waals surface area contributed by atoms with Gasteiger partial charge in [-0.2, -0.15) is 0 Å². The quantitative estimate of drug-likeness (QED) is 0.0861. The Labute approximate surface area is 311 Å². The van der Waals surface area contributed by atoms with E-state index in [4.69, 9.17) is 9.47 Å². The fraction of sp³-hybridized carbons (Fsp3) is 0.639. The molecular formula is C36H58N6O11. The van der Waals surface area contributed by atoms with Gasteiger partial charge in [-0.05, 0) is 58.4 Å². The molecule has 53 heavy (non-hydrogen) atoms. The summed E-state index contributed by atoms with van der Waals surface area (Å²) in [7, 11) is 1.21. The van der Waals surface area contributed by atoms with Gasteiger partial charge in [0.2, 0.25) is 29.5 Å². The topological polar surface area (TPSA) is 251 Å². The van der Waals surface area contributed by atoms with Crippen LogP contribution in [0.3, 0.4) is 0 Å². The number of alkyl carbamates (subject to hydrolysis) is 1. The molecule has 8 N–H and O–H groups in total. The van der Waals surface area contributed by atoms with Gasteiger partial charge in [0.25, 0.3) is 0 Å². The van der Waals surface area contributed by atoms with Gasteiger partial charge in [0.1, 0.15) is 35.8 Å². The zero-order chi connectivity index (χ0) is 40.6. The summed E-state index contributed by atoms with van der Waals surface area (Å²) in [4.78, 5) is 89.4. The first-order valence-corrected chi connectivity index (χ1v) is 17.5. The fourth-order valence-corrected chi connectivity index (χ4v) is 4.85. The van der Waals surface area contributed by atoms with Gasteiger partial charge in [-0.25, -0.2) is 9.59 Å². The second-order valence-electron chi connectivity index (χ2n) is 14.5. The van der Waals surface area contributed by atoms with Crippen molar-refractivity contribution < 1.29 is 53.2 Å². The van der Waals surface area contributed by atoms with Crippen LogP contribution in [0.4, 0.5) is 4.79 Å². The Morgan fingerprint density at radius 1 is 0.698 bits per heavy atom. The molecule has 0 bridgehead atoms. The van der Waals surface area contributed by atoms with Crippen LogP contribution in [0.1, 0.15) is 74.3 Å². The molecule has 0 heterocycles. The summed E-state index contributed by atoms with van der Waals surface area (Å²) >= 11 is 0. The Bertz CT molecular complexity index is 1400. The molecule has 1 aromatic carbocycles. The van der Waals surface area contributed by atoms with Crippen LogP contribution in [0.15, 0.2) is 30.3 Å². The molecule has 7 atom stereocenters. The van der Waals surface area contributed by atoms with E-state index >= 15 is 0 Å². The fourth-order valence-electron chi connectivity index (χ4n) is 4.85. The van der Waals surface area contributed by atoms with Crippen LogP contribution in [0, 0.1) is 11.8 Å².